The fourth-order valence-electron chi connectivity index (χ4n) is 2.93. The largest absolute Gasteiger partial charge is 0.573 e. The van der Waals surface area contributed by atoms with E-state index in [1.807, 2.05) is 0 Å². The Balaban J connectivity index is 0.00000225. The predicted molar refractivity (Wildman–Crippen MR) is 94.4 cm³/mol. The van der Waals surface area contributed by atoms with Crippen LogP contribution in [-0.4, -0.2) is 32.3 Å². The molecule has 0 saturated carbocycles. The Kier molecular flexibility index (Phi) is 3.76. The van der Waals surface area contributed by atoms with Crippen molar-refractivity contribution in [2.45, 2.75) is 6.36 Å². The number of fused-ring (bicyclic) bond motifs is 2. The number of nitrogens with one attached hydrogen (secondary N) is 1. The highest BCUT2D eigenvalue weighted by molar-refractivity contribution is 5.91. The summed E-state index contributed by atoms with van der Waals surface area (Å²) in [5.74, 6) is 0.205. The van der Waals surface area contributed by atoms with Crippen LogP contribution in [0.5, 0.6) is 5.75 Å². The number of anilines is 1. The zero-order valence-electron chi connectivity index (χ0n) is 13.9. The van der Waals surface area contributed by atoms with E-state index in [4.69, 9.17) is 0 Å². The maximum Gasteiger partial charge on any atom is 0.573 e. The monoisotopic (exact) mass is 377 g/mol. The third kappa shape index (κ3) is 2.94. The summed E-state index contributed by atoms with van der Waals surface area (Å²) in [6.45, 7) is 0. The summed E-state index contributed by atoms with van der Waals surface area (Å²) < 4.78 is 44.8. The highest BCUT2D eigenvalue weighted by Gasteiger charge is 2.31. The number of ether oxygens (including phenoxy) is 1. The number of alkyl halides is 3. The van der Waals surface area contributed by atoms with Crippen molar-refractivity contribution in [2.24, 2.45) is 0 Å². The minimum atomic E-state index is -4.85. The first-order valence-corrected chi connectivity index (χ1v) is 7.80. The van der Waals surface area contributed by atoms with Crippen LogP contribution >= 0.6 is 0 Å². The normalized spacial score (nSPS) is 11.9. The number of imidazole rings is 1. The molecular weight excluding hydrogens is 363 g/mol. The molecule has 7 nitrogen and oxygen atoms in total. The van der Waals surface area contributed by atoms with Crippen molar-refractivity contribution < 1.29 is 19.3 Å². The van der Waals surface area contributed by atoms with Gasteiger partial charge in [-0.25, -0.2) is 14.3 Å². The number of pyridine rings is 1. The molecule has 3 heterocycles. The molecule has 3 aromatic heterocycles. The maximum absolute atomic E-state index is 12.7. The van der Waals surface area contributed by atoms with Gasteiger partial charge in [0.1, 0.15) is 23.0 Å². The van der Waals surface area contributed by atoms with E-state index in [-0.39, 0.29) is 12.8 Å². The second-order valence-corrected chi connectivity index (χ2v) is 5.59. The molecule has 0 amide bonds. The van der Waals surface area contributed by atoms with E-state index < -0.39 is 17.8 Å². The van der Waals surface area contributed by atoms with Gasteiger partial charge in [-0.05, 0) is 24.3 Å². The molecule has 4 aromatic rings. The zero-order chi connectivity index (χ0) is 19.2. The van der Waals surface area contributed by atoms with E-state index in [9.17, 15) is 18.0 Å². The van der Waals surface area contributed by atoms with Gasteiger partial charge >= 0.3 is 12.1 Å². The number of aromatic nitrogens is 4. The summed E-state index contributed by atoms with van der Waals surface area (Å²) in [7, 11) is 1.57. The average molecular weight is 377 g/mol. The van der Waals surface area contributed by atoms with Crippen LogP contribution in [0.4, 0.5) is 19.0 Å². The van der Waals surface area contributed by atoms with Crippen molar-refractivity contribution in [1.82, 2.24) is 18.9 Å². The first-order chi connectivity index (χ1) is 12.9. The third-order valence-electron chi connectivity index (χ3n) is 3.97. The molecule has 4 rings (SSSR count). The second-order valence-electron chi connectivity index (χ2n) is 5.59. The van der Waals surface area contributed by atoms with Gasteiger partial charge in [0.25, 0.3) is 0 Å². The third-order valence-corrected chi connectivity index (χ3v) is 3.97. The predicted octanol–water partition coefficient (Wildman–Crippen LogP) is 3.22. The molecule has 1 aromatic carbocycles. The van der Waals surface area contributed by atoms with Crippen LogP contribution in [0.1, 0.15) is 1.43 Å². The first kappa shape index (κ1) is 16.9. The maximum atomic E-state index is 12.7. The lowest BCUT2D eigenvalue weighted by Gasteiger charge is -2.15. The Labute approximate surface area is 151 Å². The van der Waals surface area contributed by atoms with Crippen LogP contribution in [0.25, 0.3) is 22.4 Å². The molecule has 0 radical (unpaired) electrons. The zero-order valence-corrected chi connectivity index (χ0v) is 13.9. The summed E-state index contributed by atoms with van der Waals surface area (Å²) >= 11 is 0. The van der Waals surface area contributed by atoms with E-state index in [1.165, 1.54) is 16.7 Å². The highest BCUT2D eigenvalue weighted by Crippen LogP contribution is 2.29. The average Bonchev–Trinajstić information content (AvgIpc) is 3.08. The Morgan fingerprint density at radius 1 is 1.22 bits per heavy atom. The number of benzene rings is 1. The van der Waals surface area contributed by atoms with Crippen LogP contribution < -0.4 is 15.7 Å². The fraction of sp³-hybridized carbons (Fsp3) is 0.118. The van der Waals surface area contributed by atoms with Crippen LogP contribution in [0.15, 0.2) is 53.6 Å². The number of halogens is 3. The summed E-state index contributed by atoms with van der Waals surface area (Å²) in [5.41, 5.74) is 0.132. The van der Waals surface area contributed by atoms with Crippen LogP contribution in [-0.2, 0) is 0 Å². The van der Waals surface area contributed by atoms with Gasteiger partial charge in [0, 0.05) is 32.3 Å². The van der Waals surface area contributed by atoms with Gasteiger partial charge in [-0.2, -0.15) is 4.98 Å². The van der Waals surface area contributed by atoms with Crippen LogP contribution in [0.2, 0.25) is 0 Å². The van der Waals surface area contributed by atoms with E-state index >= 15 is 0 Å². The van der Waals surface area contributed by atoms with Gasteiger partial charge in [0.2, 0.25) is 0 Å². The van der Waals surface area contributed by atoms with Gasteiger partial charge in [-0.3, -0.25) is 4.40 Å². The van der Waals surface area contributed by atoms with Crippen LogP contribution in [0.3, 0.4) is 0 Å². The Morgan fingerprint density at radius 3 is 2.78 bits per heavy atom. The number of nitrogens with zero attached hydrogens (tertiary/aromatic N) is 4. The molecule has 0 unspecified atom stereocenters. The number of rotatable bonds is 3. The fourth-order valence-corrected chi connectivity index (χ4v) is 2.93. The van der Waals surface area contributed by atoms with E-state index in [0.29, 0.717) is 16.9 Å². The SMILES string of the molecule is CNc1nc(=O)n(-c2cccc3nccn23)c2cc(OC(F)(F)F)ccc12.[HH]. The van der Waals surface area contributed by atoms with Gasteiger partial charge < -0.3 is 10.1 Å². The van der Waals surface area contributed by atoms with Crippen molar-refractivity contribution in [3.63, 3.8) is 0 Å². The minimum absolute atomic E-state index is 0. The van der Waals surface area contributed by atoms with E-state index in [1.54, 1.807) is 42.0 Å². The molecule has 0 spiro atoms. The Morgan fingerprint density at radius 2 is 2.04 bits per heavy atom. The topological polar surface area (TPSA) is 73.5 Å². The standard InChI is InChI=1S/C17H12F3N5O2.H2/c1-21-15-11-6-5-10(27-17(18,19)20)9-12(11)25(16(26)23-15)14-4-2-3-13-22-7-8-24(13)14;/h2-9H,1H3,(H,21,23,26);1H. The molecule has 27 heavy (non-hydrogen) atoms. The quantitative estimate of drug-likeness (QED) is 0.594. The highest BCUT2D eigenvalue weighted by atomic mass is 19.4. The molecule has 0 aliphatic heterocycles. The van der Waals surface area contributed by atoms with E-state index in [0.717, 1.165) is 6.07 Å². The van der Waals surface area contributed by atoms with Crippen molar-refractivity contribution in [2.75, 3.05) is 12.4 Å². The number of hydrogen-bond donors (Lipinski definition) is 1. The van der Waals surface area contributed by atoms with Gasteiger partial charge in [-0.15, -0.1) is 13.2 Å². The minimum Gasteiger partial charge on any atom is -0.406 e. The molecule has 0 saturated heterocycles. The molecule has 10 heteroatoms. The van der Waals surface area contributed by atoms with E-state index in [2.05, 4.69) is 20.0 Å². The summed E-state index contributed by atoms with van der Waals surface area (Å²) in [6, 6.07) is 8.82. The Bertz CT molecular complexity index is 1220. The molecule has 0 aliphatic rings. The van der Waals surface area contributed by atoms with Crippen molar-refractivity contribution in [3.05, 3.63) is 59.3 Å². The molecule has 0 atom stereocenters. The molecule has 1 N–H and O–H groups in total. The van der Waals surface area contributed by atoms with Crippen molar-refractivity contribution in [1.29, 1.82) is 0 Å². The summed E-state index contributed by atoms with van der Waals surface area (Å²) in [6.07, 6.45) is -1.65. The van der Waals surface area contributed by atoms with Crippen molar-refractivity contribution >= 4 is 22.4 Å². The summed E-state index contributed by atoms with van der Waals surface area (Å²) in [5, 5.41) is 3.24. The molecule has 0 bridgehead atoms. The molecule has 0 fully saturated rings. The molecule has 0 aliphatic carbocycles. The second kappa shape index (κ2) is 6.01. The van der Waals surface area contributed by atoms with Gasteiger partial charge in [0.05, 0.1) is 5.52 Å². The van der Waals surface area contributed by atoms with Gasteiger partial charge in [-0.1, -0.05) is 6.07 Å². The molecular formula is C17H14F3N5O2. The van der Waals surface area contributed by atoms with Crippen LogP contribution in [0, 0.1) is 0 Å². The van der Waals surface area contributed by atoms with Gasteiger partial charge in [0.15, 0.2) is 0 Å². The smallest absolute Gasteiger partial charge is 0.406 e. The first-order valence-electron chi connectivity index (χ1n) is 7.80. The summed E-state index contributed by atoms with van der Waals surface area (Å²) in [4.78, 5) is 20.8. The lowest BCUT2D eigenvalue weighted by molar-refractivity contribution is -0.274. The Hall–Kier alpha value is -3.56. The molecule has 140 valence electrons. The van der Waals surface area contributed by atoms with Crippen molar-refractivity contribution in [3.8, 4) is 11.6 Å². The number of hydrogen-bond acceptors (Lipinski definition) is 5. The lowest BCUT2D eigenvalue weighted by atomic mass is 10.2. The lowest BCUT2D eigenvalue weighted by Crippen LogP contribution is -2.25.